The molecular weight excluding hydrogens is 520 g/mol. The molecule has 0 bridgehead atoms. The van der Waals surface area contributed by atoms with Gasteiger partial charge in [0.25, 0.3) is 0 Å². The van der Waals surface area contributed by atoms with Gasteiger partial charge in [-0.2, -0.15) is 0 Å². The number of anilines is 1. The highest BCUT2D eigenvalue weighted by Gasteiger charge is 2.65. The van der Waals surface area contributed by atoms with Gasteiger partial charge in [-0.05, 0) is 47.9 Å². The molecule has 0 aromatic heterocycles. The second-order valence-corrected chi connectivity index (χ2v) is 11.9. The number of carbonyl (C=O) groups is 2. The Hall–Kier alpha value is -2.39. The molecule has 1 saturated heterocycles. The van der Waals surface area contributed by atoms with Crippen LogP contribution in [-0.2, 0) is 10.2 Å². The van der Waals surface area contributed by atoms with Crippen LogP contribution in [0.5, 0.6) is 0 Å². The van der Waals surface area contributed by atoms with E-state index in [1.807, 2.05) is 0 Å². The summed E-state index contributed by atoms with van der Waals surface area (Å²) in [6.45, 7) is 6.04. The molecule has 2 aliphatic heterocycles. The SMILES string of the molecule is CC(C)(C)C[C@@H]1CN(C(=O)NCC[C@H](O)CO)[C@H](c2cccc(Cl)c2F)[C@]12C(=O)Nc1cc(Cl)ccc12. The van der Waals surface area contributed by atoms with Crippen LogP contribution < -0.4 is 10.6 Å². The third-order valence-electron chi connectivity index (χ3n) is 7.22. The summed E-state index contributed by atoms with van der Waals surface area (Å²) < 4.78 is 15.7. The minimum atomic E-state index is -1.29. The smallest absolute Gasteiger partial charge is 0.317 e. The minimum Gasteiger partial charge on any atom is -0.394 e. The molecule has 0 radical (unpaired) electrons. The van der Waals surface area contributed by atoms with E-state index in [0.717, 1.165) is 0 Å². The first-order valence-electron chi connectivity index (χ1n) is 12.3. The molecule has 2 aliphatic rings. The second kappa shape index (κ2) is 10.4. The second-order valence-electron chi connectivity index (χ2n) is 11.0. The molecule has 0 unspecified atom stereocenters. The van der Waals surface area contributed by atoms with E-state index in [-0.39, 0.29) is 47.3 Å². The van der Waals surface area contributed by atoms with Gasteiger partial charge in [-0.25, -0.2) is 9.18 Å². The van der Waals surface area contributed by atoms with Crippen LogP contribution in [-0.4, -0.2) is 52.9 Å². The molecule has 4 rings (SSSR count). The number of halogens is 3. The van der Waals surface area contributed by atoms with Crippen LogP contribution >= 0.6 is 23.2 Å². The number of aliphatic hydroxyl groups excluding tert-OH is 2. The highest BCUT2D eigenvalue weighted by Crippen LogP contribution is 2.60. The Bertz CT molecular complexity index is 1200. The Morgan fingerprint density at radius 1 is 1.30 bits per heavy atom. The van der Waals surface area contributed by atoms with E-state index in [4.69, 9.17) is 28.3 Å². The lowest BCUT2D eigenvalue weighted by Gasteiger charge is -2.38. The number of aliphatic hydroxyl groups is 2. The van der Waals surface area contributed by atoms with Crippen molar-refractivity contribution >= 4 is 40.8 Å². The lowest BCUT2D eigenvalue weighted by Crippen LogP contribution is -2.48. The number of benzene rings is 2. The first kappa shape index (κ1) is 27.6. The van der Waals surface area contributed by atoms with E-state index in [9.17, 15) is 14.7 Å². The van der Waals surface area contributed by atoms with E-state index in [1.165, 1.54) is 11.0 Å². The van der Waals surface area contributed by atoms with Crippen molar-refractivity contribution in [2.75, 3.05) is 25.0 Å². The number of likely N-dealkylation sites (tertiary alicyclic amines) is 1. The van der Waals surface area contributed by atoms with Crippen molar-refractivity contribution in [2.24, 2.45) is 11.3 Å². The van der Waals surface area contributed by atoms with Gasteiger partial charge in [0, 0.05) is 29.4 Å². The number of fused-ring (bicyclic) bond motifs is 2. The molecule has 2 aromatic rings. The molecule has 2 heterocycles. The Kier molecular flexibility index (Phi) is 7.77. The van der Waals surface area contributed by atoms with Crippen molar-refractivity contribution in [1.29, 1.82) is 0 Å². The zero-order valence-electron chi connectivity index (χ0n) is 21.0. The van der Waals surface area contributed by atoms with Gasteiger partial charge in [-0.3, -0.25) is 4.79 Å². The number of hydrogen-bond donors (Lipinski definition) is 4. The van der Waals surface area contributed by atoms with Crippen molar-refractivity contribution in [2.45, 2.75) is 51.2 Å². The van der Waals surface area contributed by atoms with Crippen molar-refractivity contribution < 1.29 is 24.2 Å². The normalized spacial score (nSPS) is 23.8. The molecular formula is C27H32Cl2FN3O4. The summed E-state index contributed by atoms with van der Waals surface area (Å²) >= 11 is 12.4. The maximum Gasteiger partial charge on any atom is 0.317 e. The van der Waals surface area contributed by atoms with E-state index in [2.05, 4.69) is 31.4 Å². The van der Waals surface area contributed by atoms with Gasteiger partial charge in [0.05, 0.1) is 23.8 Å². The molecule has 37 heavy (non-hydrogen) atoms. The maximum atomic E-state index is 15.7. The third-order valence-corrected chi connectivity index (χ3v) is 7.74. The molecule has 4 atom stereocenters. The van der Waals surface area contributed by atoms with E-state index >= 15 is 4.39 Å². The van der Waals surface area contributed by atoms with Gasteiger partial charge in [0.1, 0.15) is 11.2 Å². The van der Waals surface area contributed by atoms with Gasteiger partial charge in [-0.15, -0.1) is 0 Å². The van der Waals surface area contributed by atoms with Crippen molar-refractivity contribution in [1.82, 2.24) is 10.2 Å². The van der Waals surface area contributed by atoms with Gasteiger partial charge in [-0.1, -0.05) is 62.2 Å². The monoisotopic (exact) mass is 551 g/mol. The summed E-state index contributed by atoms with van der Waals surface area (Å²) in [5.74, 6) is -1.37. The lowest BCUT2D eigenvalue weighted by molar-refractivity contribution is -0.123. The summed E-state index contributed by atoms with van der Waals surface area (Å²) in [6.07, 6.45) is -0.254. The van der Waals surface area contributed by atoms with Crippen LogP contribution in [0.1, 0.15) is 50.8 Å². The highest BCUT2D eigenvalue weighted by atomic mass is 35.5. The van der Waals surface area contributed by atoms with Crippen LogP contribution in [0.2, 0.25) is 10.0 Å². The number of rotatable bonds is 6. The summed E-state index contributed by atoms with van der Waals surface area (Å²) in [5, 5.41) is 24.9. The summed E-state index contributed by atoms with van der Waals surface area (Å²) in [4.78, 5) is 29.1. The van der Waals surface area contributed by atoms with E-state index in [1.54, 1.807) is 30.3 Å². The first-order valence-corrected chi connectivity index (χ1v) is 13.0. The fourth-order valence-electron chi connectivity index (χ4n) is 5.81. The van der Waals surface area contributed by atoms with Crippen molar-refractivity contribution in [3.8, 4) is 0 Å². The van der Waals surface area contributed by atoms with Crippen molar-refractivity contribution in [3.63, 3.8) is 0 Å². The number of nitrogens with one attached hydrogen (secondary N) is 2. The standard InChI is InChI=1S/C27H32Cl2FN3O4/c1-26(2,3)12-15-13-33(25(37)31-10-9-17(35)14-34)23(18-5-4-6-20(29)22(18)30)27(15)19-8-7-16(28)11-21(19)32-24(27)36/h4-8,11,15,17,23,34-35H,9-10,12-14H2,1-3H3,(H,31,37)(H,32,36)/t15-,17+,23-,27+/m1/s1. The minimum absolute atomic E-state index is 0.0944. The third kappa shape index (κ3) is 5.04. The van der Waals surface area contributed by atoms with Crippen LogP contribution in [0.25, 0.3) is 0 Å². The largest absolute Gasteiger partial charge is 0.394 e. The lowest BCUT2D eigenvalue weighted by atomic mass is 9.63. The summed E-state index contributed by atoms with van der Waals surface area (Å²) in [5.41, 5.74) is -0.153. The Balaban J connectivity index is 1.90. The molecule has 7 nitrogen and oxygen atoms in total. The fraction of sp³-hybridized carbons (Fsp3) is 0.481. The molecule has 10 heteroatoms. The van der Waals surface area contributed by atoms with Crippen LogP contribution in [0.15, 0.2) is 36.4 Å². The van der Waals surface area contributed by atoms with Gasteiger partial charge in [0.2, 0.25) is 5.91 Å². The zero-order chi connectivity index (χ0) is 27.1. The molecule has 1 fully saturated rings. The topological polar surface area (TPSA) is 102 Å². The number of hydrogen-bond acceptors (Lipinski definition) is 4. The molecule has 3 amide bonds. The van der Waals surface area contributed by atoms with Gasteiger partial charge < -0.3 is 25.7 Å². The molecule has 200 valence electrons. The van der Waals surface area contributed by atoms with Gasteiger partial charge in [0.15, 0.2) is 0 Å². The molecule has 0 aliphatic carbocycles. The summed E-state index contributed by atoms with van der Waals surface area (Å²) in [7, 11) is 0. The van der Waals surface area contributed by atoms with Crippen LogP contribution in [0.3, 0.4) is 0 Å². The molecule has 0 saturated carbocycles. The predicted molar refractivity (Wildman–Crippen MR) is 141 cm³/mol. The first-order chi connectivity index (χ1) is 17.4. The fourth-order valence-corrected chi connectivity index (χ4v) is 6.16. The molecule has 4 N–H and O–H groups in total. The van der Waals surface area contributed by atoms with Crippen LogP contribution in [0, 0.1) is 17.2 Å². The average molecular weight is 552 g/mol. The Morgan fingerprint density at radius 3 is 2.70 bits per heavy atom. The Labute approximate surface area is 225 Å². The summed E-state index contributed by atoms with van der Waals surface area (Å²) in [6, 6.07) is 8.24. The molecule has 1 spiro atoms. The predicted octanol–water partition coefficient (Wildman–Crippen LogP) is 4.88. The van der Waals surface area contributed by atoms with E-state index in [0.29, 0.717) is 22.7 Å². The Morgan fingerprint density at radius 2 is 2.03 bits per heavy atom. The zero-order valence-corrected chi connectivity index (χ0v) is 22.5. The average Bonchev–Trinajstić information content (AvgIpc) is 3.29. The van der Waals surface area contributed by atoms with E-state index < -0.39 is 36.0 Å². The van der Waals surface area contributed by atoms with Gasteiger partial charge >= 0.3 is 6.03 Å². The molecule has 2 aromatic carbocycles. The highest BCUT2D eigenvalue weighted by molar-refractivity contribution is 6.31. The number of urea groups is 1. The number of nitrogens with zero attached hydrogens (tertiary/aromatic N) is 1. The number of carbonyl (C=O) groups excluding carboxylic acids is 2. The van der Waals surface area contributed by atoms with Crippen molar-refractivity contribution in [3.05, 3.63) is 63.4 Å². The number of amides is 3. The van der Waals surface area contributed by atoms with Crippen LogP contribution in [0.4, 0.5) is 14.9 Å². The maximum absolute atomic E-state index is 15.7. The quantitative estimate of drug-likeness (QED) is 0.410.